The van der Waals surface area contributed by atoms with E-state index in [-0.39, 0.29) is 18.6 Å². The number of hydrogen-bond donors (Lipinski definition) is 1. The summed E-state index contributed by atoms with van der Waals surface area (Å²) in [6, 6.07) is 7.69. The summed E-state index contributed by atoms with van der Waals surface area (Å²) in [5.41, 5.74) is 3.99. The zero-order valence-electron chi connectivity index (χ0n) is 15.6. The molecule has 2 aromatic heterocycles. The van der Waals surface area contributed by atoms with Gasteiger partial charge < -0.3 is 14.4 Å². The van der Waals surface area contributed by atoms with Crippen LogP contribution in [0.15, 0.2) is 36.7 Å². The number of carbonyl (C=O) groups excluding carboxylic acids is 1. The number of nitrogens with zero attached hydrogens (tertiary/aromatic N) is 4. The smallest absolute Gasteiger partial charge is 0.231 e. The zero-order chi connectivity index (χ0) is 19.1. The average molecular weight is 379 g/mol. The summed E-state index contributed by atoms with van der Waals surface area (Å²) in [6.45, 7) is 4.02. The Morgan fingerprint density at radius 2 is 2.21 bits per heavy atom. The number of rotatable bonds is 4. The lowest BCUT2D eigenvalue weighted by Crippen LogP contribution is -2.40. The van der Waals surface area contributed by atoms with Gasteiger partial charge in [0.25, 0.3) is 0 Å². The van der Waals surface area contributed by atoms with Crippen molar-refractivity contribution in [2.24, 2.45) is 5.92 Å². The van der Waals surface area contributed by atoms with Crippen molar-refractivity contribution in [2.45, 2.75) is 26.4 Å². The Kier molecular flexibility index (Phi) is 4.03. The molecule has 8 nitrogen and oxygen atoms in total. The lowest BCUT2D eigenvalue weighted by molar-refractivity contribution is -0.136. The highest BCUT2D eigenvalue weighted by Gasteiger charge is 2.29. The largest absolute Gasteiger partial charge is 0.454 e. The van der Waals surface area contributed by atoms with Crippen LogP contribution in [0.1, 0.15) is 18.2 Å². The molecule has 2 aliphatic heterocycles. The van der Waals surface area contributed by atoms with E-state index >= 15 is 0 Å². The molecule has 1 N–H and O–H groups in total. The Bertz CT molecular complexity index is 1010. The maximum absolute atomic E-state index is 13.0. The molecule has 28 heavy (non-hydrogen) atoms. The van der Waals surface area contributed by atoms with Crippen molar-refractivity contribution in [3.8, 4) is 22.8 Å². The first-order valence-corrected chi connectivity index (χ1v) is 9.41. The molecule has 0 spiro atoms. The van der Waals surface area contributed by atoms with Crippen molar-refractivity contribution in [1.29, 1.82) is 0 Å². The second-order valence-corrected chi connectivity index (χ2v) is 7.24. The van der Waals surface area contributed by atoms with Crippen LogP contribution >= 0.6 is 0 Å². The van der Waals surface area contributed by atoms with Gasteiger partial charge in [0.2, 0.25) is 12.7 Å². The lowest BCUT2D eigenvalue weighted by atomic mass is 9.99. The fraction of sp³-hybridized carbons (Fsp3) is 0.350. The minimum atomic E-state index is -0.137. The Morgan fingerprint density at radius 3 is 3.07 bits per heavy atom. The quantitative estimate of drug-likeness (QED) is 0.751. The van der Waals surface area contributed by atoms with Gasteiger partial charge in [-0.05, 0) is 24.3 Å². The zero-order valence-corrected chi connectivity index (χ0v) is 15.6. The van der Waals surface area contributed by atoms with E-state index in [9.17, 15) is 4.79 Å². The van der Waals surface area contributed by atoms with E-state index in [1.165, 1.54) is 0 Å². The summed E-state index contributed by atoms with van der Waals surface area (Å²) >= 11 is 0. The van der Waals surface area contributed by atoms with E-state index in [0.717, 1.165) is 40.4 Å². The summed E-state index contributed by atoms with van der Waals surface area (Å²) in [7, 11) is 0. The third kappa shape index (κ3) is 2.90. The molecule has 4 heterocycles. The van der Waals surface area contributed by atoms with Crippen LogP contribution in [-0.2, 0) is 24.3 Å². The molecular formula is C20H21N5O3. The number of fused-ring (bicyclic) bond motifs is 2. The summed E-state index contributed by atoms with van der Waals surface area (Å²) in [4.78, 5) is 14.9. The van der Waals surface area contributed by atoms with Crippen molar-refractivity contribution < 1.29 is 14.3 Å². The van der Waals surface area contributed by atoms with Gasteiger partial charge in [-0.3, -0.25) is 14.6 Å². The number of H-pyrrole nitrogens is 1. The summed E-state index contributed by atoms with van der Waals surface area (Å²) < 4.78 is 12.7. The van der Waals surface area contributed by atoms with Gasteiger partial charge in [-0.2, -0.15) is 10.2 Å². The molecule has 1 amide bonds. The molecule has 144 valence electrons. The number of benzene rings is 1. The number of nitrogens with one attached hydrogen (secondary N) is 1. The third-order valence-electron chi connectivity index (χ3n) is 5.33. The minimum absolute atomic E-state index is 0.137. The minimum Gasteiger partial charge on any atom is -0.454 e. The molecule has 0 saturated carbocycles. The molecule has 8 heteroatoms. The fourth-order valence-corrected chi connectivity index (χ4v) is 3.84. The maximum atomic E-state index is 13.0. The van der Waals surface area contributed by atoms with Crippen molar-refractivity contribution in [2.75, 3.05) is 13.3 Å². The van der Waals surface area contributed by atoms with Crippen molar-refractivity contribution in [3.63, 3.8) is 0 Å². The highest BCUT2D eigenvalue weighted by molar-refractivity contribution is 5.79. The Labute approximate surface area is 162 Å². The Morgan fingerprint density at radius 1 is 1.32 bits per heavy atom. The number of aromatic nitrogens is 4. The Balaban J connectivity index is 1.37. The second kappa shape index (κ2) is 6.70. The second-order valence-electron chi connectivity index (χ2n) is 7.24. The predicted octanol–water partition coefficient (Wildman–Crippen LogP) is 2.22. The van der Waals surface area contributed by atoms with E-state index in [1.54, 1.807) is 10.9 Å². The molecule has 0 unspecified atom stereocenters. The number of ether oxygens (including phenoxy) is 2. The average Bonchev–Trinajstić information content (AvgIpc) is 3.46. The van der Waals surface area contributed by atoms with Crippen molar-refractivity contribution in [3.05, 3.63) is 47.9 Å². The summed E-state index contributed by atoms with van der Waals surface area (Å²) in [6.07, 6.45) is 4.38. The molecule has 2 aliphatic rings. The van der Waals surface area contributed by atoms with Gasteiger partial charge in [-0.25, -0.2) is 0 Å². The summed E-state index contributed by atoms with van der Waals surface area (Å²) in [5, 5.41) is 11.9. The monoisotopic (exact) mass is 379 g/mol. The van der Waals surface area contributed by atoms with Crippen LogP contribution in [0.4, 0.5) is 0 Å². The Hall–Kier alpha value is -3.29. The first-order chi connectivity index (χ1) is 13.7. The van der Waals surface area contributed by atoms with Crippen LogP contribution in [0.25, 0.3) is 11.3 Å². The molecule has 1 aromatic carbocycles. The van der Waals surface area contributed by atoms with Gasteiger partial charge in [0.05, 0.1) is 18.2 Å². The van der Waals surface area contributed by atoms with Gasteiger partial charge in [0.1, 0.15) is 0 Å². The predicted molar refractivity (Wildman–Crippen MR) is 101 cm³/mol. The highest BCUT2D eigenvalue weighted by atomic mass is 16.7. The van der Waals surface area contributed by atoms with Crippen LogP contribution in [-0.4, -0.2) is 44.1 Å². The SMILES string of the molecule is C[C@H](Cn1cccn1)C(=O)N1CCc2[nH]nc(-c3ccc4c(c3)OCO4)c2C1. The van der Waals surface area contributed by atoms with Crippen molar-refractivity contribution >= 4 is 5.91 Å². The molecule has 0 saturated heterocycles. The number of amides is 1. The standard InChI is InChI=1S/C20H21N5O3/c1-13(10-25-7-2-6-21-25)20(26)24-8-5-16-15(11-24)19(23-22-16)14-3-4-17-18(9-14)28-12-27-17/h2-4,6-7,9,13H,5,8,10-12H2,1H3,(H,22,23)/t13-/m1/s1. The molecule has 0 fully saturated rings. The maximum Gasteiger partial charge on any atom is 0.231 e. The third-order valence-corrected chi connectivity index (χ3v) is 5.33. The van der Waals surface area contributed by atoms with E-state index in [4.69, 9.17) is 9.47 Å². The van der Waals surface area contributed by atoms with Crippen molar-refractivity contribution in [1.82, 2.24) is 24.9 Å². The molecule has 0 radical (unpaired) electrons. The number of carbonyl (C=O) groups is 1. The normalized spacial score (nSPS) is 16.1. The topological polar surface area (TPSA) is 85.3 Å². The molecule has 0 aliphatic carbocycles. The van der Waals surface area contributed by atoms with E-state index in [0.29, 0.717) is 19.6 Å². The lowest BCUT2D eigenvalue weighted by Gasteiger charge is -2.29. The van der Waals surface area contributed by atoms with E-state index in [1.807, 2.05) is 42.3 Å². The van der Waals surface area contributed by atoms with Gasteiger partial charge in [0.15, 0.2) is 11.5 Å². The van der Waals surface area contributed by atoms with Gasteiger partial charge in [-0.15, -0.1) is 0 Å². The fourth-order valence-electron chi connectivity index (χ4n) is 3.84. The van der Waals surface area contributed by atoms with Crippen LogP contribution in [0, 0.1) is 5.92 Å². The molecule has 3 aromatic rings. The first-order valence-electron chi connectivity index (χ1n) is 9.41. The van der Waals surface area contributed by atoms with Crippen LogP contribution in [0.5, 0.6) is 11.5 Å². The number of aromatic amines is 1. The van der Waals surface area contributed by atoms with Gasteiger partial charge in [0, 0.05) is 48.7 Å². The molecule has 5 rings (SSSR count). The first kappa shape index (κ1) is 16.9. The van der Waals surface area contributed by atoms with Gasteiger partial charge >= 0.3 is 0 Å². The van der Waals surface area contributed by atoms with Crippen LogP contribution in [0.3, 0.4) is 0 Å². The van der Waals surface area contributed by atoms with Crippen LogP contribution in [0.2, 0.25) is 0 Å². The molecular weight excluding hydrogens is 358 g/mol. The molecule has 1 atom stereocenters. The summed E-state index contributed by atoms with van der Waals surface area (Å²) in [5.74, 6) is 1.48. The molecule has 0 bridgehead atoms. The van der Waals surface area contributed by atoms with Gasteiger partial charge in [-0.1, -0.05) is 6.92 Å². The van der Waals surface area contributed by atoms with E-state index in [2.05, 4.69) is 15.3 Å². The highest BCUT2D eigenvalue weighted by Crippen LogP contribution is 2.37. The van der Waals surface area contributed by atoms with E-state index < -0.39 is 0 Å². The van der Waals surface area contributed by atoms with Crippen LogP contribution < -0.4 is 9.47 Å². The number of hydrogen-bond acceptors (Lipinski definition) is 5.